The second-order valence-corrected chi connectivity index (χ2v) is 13.6. The number of para-hydroxylation sites is 3. The van der Waals surface area contributed by atoms with Crippen molar-refractivity contribution in [3.63, 3.8) is 0 Å². The van der Waals surface area contributed by atoms with E-state index >= 15 is 0 Å². The number of aromatic nitrogens is 2. The molecule has 11 aromatic rings. The van der Waals surface area contributed by atoms with Crippen molar-refractivity contribution >= 4 is 65.6 Å². The molecular formula is C49H30N2O2. The van der Waals surface area contributed by atoms with Gasteiger partial charge in [-0.05, 0) is 82.9 Å². The Morgan fingerprint density at radius 3 is 1.68 bits per heavy atom. The minimum absolute atomic E-state index is 0.0495. The van der Waals surface area contributed by atoms with Crippen LogP contribution in [0, 0.1) is 0 Å². The van der Waals surface area contributed by atoms with Crippen molar-refractivity contribution < 1.29 is 4.42 Å². The van der Waals surface area contributed by atoms with E-state index in [0.717, 1.165) is 66.5 Å². The first-order valence-electron chi connectivity index (χ1n) is 17.9. The number of nitrogens with zero attached hydrogens (tertiary/aromatic N) is 2. The molecule has 0 fully saturated rings. The van der Waals surface area contributed by atoms with Gasteiger partial charge in [-0.15, -0.1) is 0 Å². The summed E-state index contributed by atoms with van der Waals surface area (Å²) in [7, 11) is 0. The summed E-state index contributed by atoms with van der Waals surface area (Å²) in [5.41, 5.74) is 11.7. The summed E-state index contributed by atoms with van der Waals surface area (Å²) in [5, 5.41) is 5.78. The number of fused-ring (bicyclic) bond motifs is 9. The van der Waals surface area contributed by atoms with Crippen LogP contribution in [0.3, 0.4) is 0 Å². The Morgan fingerprint density at radius 1 is 0.377 bits per heavy atom. The Morgan fingerprint density at radius 2 is 0.962 bits per heavy atom. The van der Waals surface area contributed by atoms with E-state index in [1.165, 1.54) is 10.8 Å². The van der Waals surface area contributed by atoms with E-state index in [4.69, 9.17) is 4.42 Å². The molecule has 3 aromatic heterocycles. The third kappa shape index (κ3) is 4.39. The summed E-state index contributed by atoms with van der Waals surface area (Å²) >= 11 is 0. The second kappa shape index (κ2) is 11.4. The van der Waals surface area contributed by atoms with Crippen molar-refractivity contribution in [1.29, 1.82) is 0 Å². The van der Waals surface area contributed by atoms with E-state index in [2.05, 4.69) is 130 Å². The largest absolute Gasteiger partial charge is 0.456 e. The first-order chi connectivity index (χ1) is 26.2. The number of rotatable bonds is 4. The fourth-order valence-electron chi connectivity index (χ4n) is 8.37. The highest BCUT2D eigenvalue weighted by atomic mass is 16.3. The molecule has 4 nitrogen and oxygen atoms in total. The Hall–Kier alpha value is -7.17. The van der Waals surface area contributed by atoms with Crippen molar-refractivity contribution in [3.05, 3.63) is 192 Å². The molecule has 0 aliphatic carbocycles. The molecule has 11 rings (SSSR count). The molecular weight excluding hydrogens is 649 g/mol. The molecule has 0 amide bonds. The van der Waals surface area contributed by atoms with E-state index in [1.807, 2.05) is 60.7 Å². The lowest BCUT2D eigenvalue weighted by molar-refractivity contribution is 0.660. The molecule has 248 valence electrons. The van der Waals surface area contributed by atoms with Gasteiger partial charge >= 0.3 is 0 Å². The predicted octanol–water partition coefficient (Wildman–Crippen LogP) is 12.5. The zero-order chi connectivity index (χ0) is 35.0. The highest BCUT2D eigenvalue weighted by molar-refractivity contribution is 6.26. The van der Waals surface area contributed by atoms with Crippen LogP contribution in [-0.2, 0) is 0 Å². The molecule has 4 heteroatoms. The molecule has 0 spiro atoms. The molecule has 3 heterocycles. The van der Waals surface area contributed by atoms with E-state index < -0.39 is 0 Å². The Kier molecular flexibility index (Phi) is 6.37. The van der Waals surface area contributed by atoms with Gasteiger partial charge in [-0.25, -0.2) is 0 Å². The van der Waals surface area contributed by atoms with Crippen molar-refractivity contribution in [2.24, 2.45) is 0 Å². The van der Waals surface area contributed by atoms with E-state index in [0.29, 0.717) is 21.9 Å². The lowest BCUT2D eigenvalue weighted by Gasteiger charge is -2.13. The van der Waals surface area contributed by atoms with E-state index in [-0.39, 0.29) is 5.43 Å². The third-order valence-corrected chi connectivity index (χ3v) is 10.7. The van der Waals surface area contributed by atoms with Crippen LogP contribution in [-0.4, -0.2) is 9.13 Å². The first-order valence-corrected chi connectivity index (χ1v) is 17.9. The lowest BCUT2D eigenvalue weighted by Crippen LogP contribution is -2.04. The molecule has 53 heavy (non-hydrogen) atoms. The van der Waals surface area contributed by atoms with Crippen LogP contribution < -0.4 is 5.43 Å². The fourth-order valence-corrected chi connectivity index (χ4v) is 8.37. The van der Waals surface area contributed by atoms with E-state index in [1.54, 1.807) is 0 Å². The van der Waals surface area contributed by atoms with E-state index in [9.17, 15) is 4.79 Å². The van der Waals surface area contributed by atoms with Crippen LogP contribution in [0.2, 0.25) is 0 Å². The molecule has 8 aromatic carbocycles. The van der Waals surface area contributed by atoms with Gasteiger partial charge in [-0.2, -0.15) is 0 Å². The van der Waals surface area contributed by atoms with Crippen molar-refractivity contribution in [2.75, 3.05) is 0 Å². The average Bonchev–Trinajstić information content (AvgIpc) is 3.74. The maximum absolute atomic E-state index is 14.6. The normalized spacial score (nSPS) is 11.8. The minimum Gasteiger partial charge on any atom is -0.456 e. The van der Waals surface area contributed by atoms with Crippen molar-refractivity contribution in [1.82, 2.24) is 9.13 Å². The van der Waals surface area contributed by atoms with Crippen molar-refractivity contribution in [3.8, 4) is 33.6 Å². The van der Waals surface area contributed by atoms with Gasteiger partial charge in [-0.3, -0.25) is 4.79 Å². The Bertz CT molecular complexity index is 3280. The summed E-state index contributed by atoms with van der Waals surface area (Å²) in [6.45, 7) is 0. The van der Waals surface area contributed by atoms with Gasteiger partial charge in [0.05, 0.1) is 32.8 Å². The molecule has 0 unspecified atom stereocenters. The predicted molar refractivity (Wildman–Crippen MR) is 220 cm³/mol. The molecule has 0 saturated carbocycles. The Balaban J connectivity index is 1.21. The topological polar surface area (TPSA) is 40.1 Å². The summed E-state index contributed by atoms with van der Waals surface area (Å²) in [5.74, 6) is 0. The smallest absolute Gasteiger partial charge is 0.200 e. The van der Waals surface area contributed by atoms with Crippen LogP contribution >= 0.6 is 0 Å². The van der Waals surface area contributed by atoms with Crippen LogP contribution in [0.5, 0.6) is 0 Å². The zero-order valence-corrected chi connectivity index (χ0v) is 28.5. The van der Waals surface area contributed by atoms with Gasteiger partial charge in [0.25, 0.3) is 0 Å². The standard InChI is InChI=1S/C49H30N2O2/c52-49-40-28-34(24-27-45(40)53-46-30-39(32-16-6-2-7-17-32)38(29-41(46)49)31-14-4-1-5-15-31)51-42-22-12-10-20-35(42)36-25-26-44-47(48(36)51)37-21-11-13-23-43(37)50(44)33-18-8-3-9-19-33/h1-30H. The summed E-state index contributed by atoms with van der Waals surface area (Å²) in [4.78, 5) is 14.6. The first kappa shape index (κ1) is 29.5. The maximum atomic E-state index is 14.6. The fraction of sp³-hybridized carbons (Fsp3) is 0. The van der Waals surface area contributed by atoms with Crippen LogP contribution in [0.4, 0.5) is 0 Å². The zero-order valence-electron chi connectivity index (χ0n) is 28.5. The van der Waals surface area contributed by atoms with Gasteiger partial charge in [-0.1, -0.05) is 121 Å². The monoisotopic (exact) mass is 678 g/mol. The van der Waals surface area contributed by atoms with Gasteiger partial charge in [0, 0.05) is 32.9 Å². The number of hydrogen-bond donors (Lipinski definition) is 0. The molecule has 0 N–H and O–H groups in total. The summed E-state index contributed by atoms with van der Waals surface area (Å²) < 4.78 is 11.3. The lowest BCUT2D eigenvalue weighted by atomic mass is 9.92. The molecule has 0 bridgehead atoms. The van der Waals surface area contributed by atoms with Crippen molar-refractivity contribution in [2.45, 2.75) is 0 Å². The van der Waals surface area contributed by atoms with Gasteiger partial charge in [0.1, 0.15) is 11.2 Å². The quantitative estimate of drug-likeness (QED) is 0.174. The maximum Gasteiger partial charge on any atom is 0.200 e. The highest BCUT2D eigenvalue weighted by Crippen LogP contribution is 2.42. The second-order valence-electron chi connectivity index (χ2n) is 13.6. The molecule has 0 radical (unpaired) electrons. The van der Waals surface area contributed by atoms with Gasteiger partial charge in [0.2, 0.25) is 5.43 Å². The molecule has 0 aliphatic rings. The summed E-state index contributed by atoms with van der Waals surface area (Å²) in [6.07, 6.45) is 0. The van der Waals surface area contributed by atoms with Gasteiger partial charge < -0.3 is 13.6 Å². The molecule has 0 atom stereocenters. The highest BCUT2D eigenvalue weighted by Gasteiger charge is 2.22. The molecule has 0 saturated heterocycles. The number of benzene rings is 8. The molecule has 0 aliphatic heterocycles. The summed E-state index contributed by atoms with van der Waals surface area (Å²) in [6, 6.07) is 62.8. The Labute approximate surface area is 304 Å². The number of hydrogen-bond acceptors (Lipinski definition) is 2. The third-order valence-electron chi connectivity index (χ3n) is 10.7. The minimum atomic E-state index is -0.0495. The average molecular weight is 679 g/mol. The van der Waals surface area contributed by atoms with Crippen LogP contribution in [0.25, 0.3) is 99.2 Å². The van der Waals surface area contributed by atoms with Gasteiger partial charge in [0.15, 0.2) is 0 Å². The SMILES string of the molecule is O=c1c2cc(-n3c4ccccc4c4ccc5c(c6ccccc6n5-c5ccccc5)c43)ccc2oc2cc(-c3ccccc3)c(-c3ccccc3)cc12. The van der Waals surface area contributed by atoms with Crippen LogP contribution in [0.15, 0.2) is 191 Å². The van der Waals surface area contributed by atoms with Crippen LogP contribution in [0.1, 0.15) is 0 Å².